The van der Waals surface area contributed by atoms with E-state index in [0.717, 1.165) is 39.5 Å². The third kappa shape index (κ3) is 4.61. The highest BCUT2D eigenvalue weighted by molar-refractivity contribution is 5.77. The highest BCUT2D eigenvalue weighted by Gasteiger charge is 2.17. The molecule has 31 heavy (non-hydrogen) atoms. The fourth-order valence-corrected chi connectivity index (χ4v) is 3.76. The zero-order valence-corrected chi connectivity index (χ0v) is 18.1. The number of fused-ring (bicyclic) bond motifs is 1. The molecule has 1 N–H and O–H groups in total. The molecule has 0 spiro atoms. The molecule has 0 unspecified atom stereocenters. The molecule has 0 aliphatic carbocycles. The molecule has 0 bridgehead atoms. The van der Waals surface area contributed by atoms with E-state index in [0.29, 0.717) is 12.8 Å². The second-order valence-electron chi connectivity index (χ2n) is 7.87. The van der Waals surface area contributed by atoms with E-state index in [1.807, 2.05) is 62.4 Å². The summed E-state index contributed by atoms with van der Waals surface area (Å²) in [6.45, 7) is 3.94. The molecular weight excluding hydrogens is 386 g/mol. The third-order valence-electron chi connectivity index (χ3n) is 5.21. The lowest BCUT2D eigenvalue weighted by atomic mass is 10.1. The summed E-state index contributed by atoms with van der Waals surface area (Å²) >= 11 is 0. The molecule has 0 aliphatic heterocycles. The first kappa shape index (κ1) is 20.7. The van der Waals surface area contributed by atoms with E-state index < -0.39 is 0 Å². The van der Waals surface area contributed by atoms with Gasteiger partial charge in [0.2, 0.25) is 5.91 Å². The number of carbonyl (C=O) groups excluding carboxylic acids is 1. The van der Waals surface area contributed by atoms with Crippen molar-refractivity contribution in [3.63, 3.8) is 0 Å². The van der Waals surface area contributed by atoms with Gasteiger partial charge < -0.3 is 14.5 Å². The van der Waals surface area contributed by atoms with Gasteiger partial charge in [-0.2, -0.15) is 0 Å². The standard InChI is InChI=1S/C26H27N3O2/c1-18(2)27-25(30)15-13-23-26(20-10-7-11-22(16-20)31-3)28-24-14-12-21(17-29(23)24)19-8-5-4-6-9-19/h4-12,14,16-18H,13,15H2,1-3H3,(H,27,30). The van der Waals surface area contributed by atoms with Crippen molar-refractivity contribution in [3.8, 4) is 28.1 Å². The van der Waals surface area contributed by atoms with Crippen molar-refractivity contribution in [2.45, 2.75) is 32.7 Å². The molecule has 0 atom stereocenters. The predicted molar refractivity (Wildman–Crippen MR) is 124 cm³/mol. The molecule has 0 saturated carbocycles. The summed E-state index contributed by atoms with van der Waals surface area (Å²) in [5.41, 5.74) is 5.97. The molecule has 5 heteroatoms. The number of imidazole rings is 1. The Kier molecular flexibility index (Phi) is 6.03. The smallest absolute Gasteiger partial charge is 0.220 e. The minimum absolute atomic E-state index is 0.0424. The van der Waals surface area contributed by atoms with Gasteiger partial charge in [0, 0.05) is 24.2 Å². The maximum atomic E-state index is 12.4. The highest BCUT2D eigenvalue weighted by Crippen LogP contribution is 2.30. The first-order chi connectivity index (χ1) is 15.0. The number of nitrogens with zero attached hydrogens (tertiary/aromatic N) is 2. The van der Waals surface area contributed by atoms with E-state index in [1.165, 1.54) is 0 Å². The largest absolute Gasteiger partial charge is 0.497 e. The highest BCUT2D eigenvalue weighted by atomic mass is 16.5. The monoisotopic (exact) mass is 413 g/mol. The van der Waals surface area contributed by atoms with E-state index >= 15 is 0 Å². The van der Waals surface area contributed by atoms with Crippen molar-refractivity contribution < 1.29 is 9.53 Å². The predicted octanol–water partition coefficient (Wildman–Crippen LogP) is 5.13. The van der Waals surface area contributed by atoms with Crippen LogP contribution in [0.25, 0.3) is 28.0 Å². The Bertz CT molecular complexity index is 1200. The summed E-state index contributed by atoms with van der Waals surface area (Å²) in [7, 11) is 1.66. The van der Waals surface area contributed by atoms with Gasteiger partial charge in [0.15, 0.2) is 0 Å². The van der Waals surface area contributed by atoms with E-state index in [1.54, 1.807) is 7.11 Å². The summed E-state index contributed by atoms with van der Waals surface area (Å²) in [5, 5.41) is 2.98. The quantitative estimate of drug-likeness (QED) is 0.457. The summed E-state index contributed by atoms with van der Waals surface area (Å²) in [6.07, 6.45) is 3.10. The van der Waals surface area contributed by atoms with E-state index in [2.05, 4.69) is 34.1 Å². The number of carbonyl (C=O) groups is 1. The summed E-state index contributed by atoms with van der Waals surface area (Å²) in [6, 6.07) is 22.4. The van der Waals surface area contributed by atoms with Crippen LogP contribution in [0, 0.1) is 0 Å². The van der Waals surface area contributed by atoms with Gasteiger partial charge in [0.1, 0.15) is 11.4 Å². The normalized spacial score (nSPS) is 11.1. The van der Waals surface area contributed by atoms with Gasteiger partial charge in [0.25, 0.3) is 0 Å². The van der Waals surface area contributed by atoms with Crippen LogP contribution >= 0.6 is 0 Å². The number of amides is 1. The Hall–Kier alpha value is -3.60. The molecule has 0 saturated heterocycles. The molecular formula is C26H27N3O2. The minimum Gasteiger partial charge on any atom is -0.497 e. The Balaban J connectivity index is 1.80. The van der Waals surface area contributed by atoms with Crippen LogP contribution in [0.3, 0.4) is 0 Å². The summed E-state index contributed by atoms with van der Waals surface area (Å²) in [5.74, 6) is 0.823. The molecule has 2 heterocycles. The first-order valence-corrected chi connectivity index (χ1v) is 10.6. The van der Waals surface area contributed by atoms with Crippen molar-refractivity contribution in [3.05, 3.63) is 78.6 Å². The van der Waals surface area contributed by atoms with Crippen LogP contribution in [-0.4, -0.2) is 28.4 Å². The van der Waals surface area contributed by atoms with E-state index in [-0.39, 0.29) is 11.9 Å². The van der Waals surface area contributed by atoms with Crippen LogP contribution in [0.15, 0.2) is 72.9 Å². The minimum atomic E-state index is 0.0424. The first-order valence-electron chi connectivity index (χ1n) is 10.6. The van der Waals surface area contributed by atoms with Gasteiger partial charge >= 0.3 is 0 Å². The average Bonchev–Trinajstić information content (AvgIpc) is 3.15. The molecule has 2 aromatic carbocycles. The number of hydrogen-bond donors (Lipinski definition) is 1. The molecule has 4 rings (SSSR count). The van der Waals surface area contributed by atoms with Gasteiger partial charge in [-0.25, -0.2) is 4.98 Å². The van der Waals surface area contributed by atoms with Crippen LogP contribution < -0.4 is 10.1 Å². The molecule has 2 aromatic heterocycles. The Morgan fingerprint density at radius 3 is 2.52 bits per heavy atom. The zero-order valence-electron chi connectivity index (χ0n) is 18.1. The number of methoxy groups -OCH3 is 1. The molecule has 5 nitrogen and oxygen atoms in total. The maximum Gasteiger partial charge on any atom is 0.220 e. The van der Waals surface area contributed by atoms with Gasteiger partial charge in [0.05, 0.1) is 18.5 Å². The lowest BCUT2D eigenvalue weighted by molar-refractivity contribution is -0.121. The van der Waals surface area contributed by atoms with Crippen LogP contribution in [0.1, 0.15) is 26.0 Å². The van der Waals surface area contributed by atoms with Gasteiger partial charge in [-0.15, -0.1) is 0 Å². The van der Waals surface area contributed by atoms with Gasteiger partial charge in [-0.3, -0.25) is 4.79 Å². The third-order valence-corrected chi connectivity index (χ3v) is 5.21. The number of hydrogen-bond acceptors (Lipinski definition) is 3. The molecule has 0 radical (unpaired) electrons. The Labute approximate surface area is 182 Å². The molecule has 158 valence electrons. The number of rotatable bonds is 7. The number of ether oxygens (including phenoxy) is 1. The van der Waals surface area contributed by atoms with Crippen LogP contribution in [-0.2, 0) is 11.2 Å². The van der Waals surface area contributed by atoms with Crippen LogP contribution in [0.2, 0.25) is 0 Å². The second kappa shape index (κ2) is 9.04. The van der Waals surface area contributed by atoms with Crippen LogP contribution in [0.4, 0.5) is 0 Å². The Morgan fingerprint density at radius 1 is 1.00 bits per heavy atom. The van der Waals surface area contributed by atoms with Crippen molar-refractivity contribution in [1.82, 2.24) is 14.7 Å². The Morgan fingerprint density at radius 2 is 1.77 bits per heavy atom. The SMILES string of the molecule is COc1cccc(-c2nc3ccc(-c4ccccc4)cn3c2CCC(=O)NC(C)C)c1. The van der Waals surface area contributed by atoms with Crippen molar-refractivity contribution in [1.29, 1.82) is 0 Å². The van der Waals surface area contributed by atoms with Crippen LogP contribution in [0.5, 0.6) is 5.75 Å². The number of benzene rings is 2. The van der Waals surface area contributed by atoms with Crippen molar-refractivity contribution in [2.24, 2.45) is 0 Å². The summed E-state index contributed by atoms with van der Waals surface area (Å²) in [4.78, 5) is 17.3. The zero-order chi connectivity index (χ0) is 21.8. The van der Waals surface area contributed by atoms with E-state index in [9.17, 15) is 4.79 Å². The lowest BCUT2D eigenvalue weighted by Crippen LogP contribution is -2.30. The maximum absolute atomic E-state index is 12.4. The van der Waals surface area contributed by atoms with Gasteiger partial charge in [-0.05, 0) is 55.7 Å². The molecule has 4 aromatic rings. The van der Waals surface area contributed by atoms with Gasteiger partial charge in [-0.1, -0.05) is 42.5 Å². The molecule has 0 aliphatic rings. The number of pyridine rings is 1. The topological polar surface area (TPSA) is 55.6 Å². The number of nitrogens with one attached hydrogen (secondary N) is 1. The molecule has 0 fully saturated rings. The number of aromatic nitrogens is 2. The second-order valence-corrected chi connectivity index (χ2v) is 7.87. The van der Waals surface area contributed by atoms with E-state index in [4.69, 9.17) is 9.72 Å². The summed E-state index contributed by atoms with van der Waals surface area (Å²) < 4.78 is 7.52. The lowest BCUT2D eigenvalue weighted by Gasteiger charge is -2.10. The molecule has 1 amide bonds. The fraction of sp³-hybridized carbons (Fsp3) is 0.231. The van der Waals surface area contributed by atoms with Crippen molar-refractivity contribution >= 4 is 11.6 Å². The van der Waals surface area contributed by atoms with Crippen molar-refractivity contribution in [2.75, 3.05) is 7.11 Å². The average molecular weight is 414 g/mol. The fourth-order valence-electron chi connectivity index (χ4n) is 3.76. The number of aryl methyl sites for hydroxylation is 1.